The van der Waals surface area contributed by atoms with Crippen molar-refractivity contribution in [2.45, 2.75) is 49.4 Å². The van der Waals surface area contributed by atoms with Crippen LogP contribution in [0.5, 0.6) is 0 Å². The lowest BCUT2D eigenvalue weighted by atomic mass is 10.1. The summed E-state index contributed by atoms with van der Waals surface area (Å²) in [4.78, 5) is 18.1. The number of nitrogens with zero attached hydrogens (tertiary/aromatic N) is 5. The highest BCUT2D eigenvalue weighted by Gasteiger charge is 2.24. The second-order valence-electron chi connectivity index (χ2n) is 7.23. The number of nitrogens with one attached hydrogen (secondary N) is 1. The van der Waals surface area contributed by atoms with Crippen molar-refractivity contribution in [3.05, 3.63) is 40.5 Å². The molecule has 1 aliphatic rings. The number of hydrogen-bond donors (Lipinski definition) is 1. The number of pyridine rings is 1. The summed E-state index contributed by atoms with van der Waals surface area (Å²) >= 11 is 2.90. The maximum absolute atomic E-state index is 12.9. The van der Waals surface area contributed by atoms with Crippen molar-refractivity contribution in [3.8, 4) is 17.5 Å². The average molecular weight is 439 g/mol. The van der Waals surface area contributed by atoms with Gasteiger partial charge in [0.25, 0.3) is 0 Å². The summed E-state index contributed by atoms with van der Waals surface area (Å²) < 4.78 is 1.87. The van der Waals surface area contributed by atoms with Gasteiger partial charge in [-0.05, 0) is 50.3 Å². The third kappa shape index (κ3) is 4.11. The Kier molecular flexibility index (Phi) is 6.16. The fourth-order valence-corrected chi connectivity index (χ4v) is 5.60. The number of rotatable bonds is 5. The fourth-order valence-electron chi connectivity index (χ4n) is 3.54. The van der Waals surface area contributed by atoms with Crippen molar-refractivity contribution in [1.82, 2.24) is 19.7 Å². The van der Waals surface area contributed by atoms with Crippen LogP contribution in [0, 0.1) is 11.3 Å². The highest BCUT2D eigenvalue weighted by Crippen LogP contribution is 2.37. The molecule has 0 bridgehead atoms. The predicted octanol–water partition coefficient (Wildman–Crippen LogP) is 4.20. The zero-order chi connectivity index (χ0) is 21.1. The molecule has 0 radical (unpaired) electrons. The molecule has 0 aromatic carbocycles. The van der Waals surface area contributed by atoms with Crippen LogP contribution in [0.2, 0.25) is 0 Å². The Balaban J connectivity index is 1.48. The number of fused-ring (bicyclic) bond motifs is 1. The standard InChI is InChI=1S/C21H22N6OS2/c1-13(29-21-26-25-18(27(21)2)14-8-10-23-11-9-14)19(28)24-20-16(12-22)15-6-4-3-5-7-17(15)30-20/h8-11,13H,3-7H2,1-2H3,(H,24,28). The molecule has 1 atom stereocenters. The summed E-state index contributed by atoms with van der Waals surface area (Å²) in [5.41, 5.74) is 2.69. The van der Waals surface area contributed by atoms with Crippen LogP contribution in [0.3, 0.4) is 0 Å². The van der Waals surface area contributed by atoms with Gasteiger partial charge in [-0.1, -0.05) is 18.2 Å². The minimum absolute atomic E-state index is 0.138. The van der Waals surface area contributed by atoms with Gasteiger partial charge in [0, 0.05) is 29.9 Å². The number of hydrogen-bond acceptors (Lipinski definition) is 7. The summed E-state index contributed by atoms with van der Waals surface area (Å²) in [6, 6.07) is 6.06. The fraction of sp³-hybridized carbons (Fsp3) is 0.381. The van der Waals surface area contributed by atoms with E-state index in [1.807, 2.05) is 30.7 Å². The van der Waals surface area contributed by atoms with E-state index in [0.29, 0.717) is 15.7 Å². The molecule has 3 aromatic heterocycles. The van der Waals surface area contributed by atoms with Gasteiger partial charge in [0.1, 0.15) is 11.1 Å². The van der Waals surface area contributed by atoms with Crippen LogP contribution in [0.1, 0.15) is 42.2 Å². The van der Waals surface area contributed by atoms with Gasteiger partial charge in [-0.2, -0.15) is 5.26 Å². The topological polar surface area (TPSA) is 96.5 Å². The first-order valence-electron chi connectivity index (χ1n) is 9.90. The normalized spacial score (nSPS) is 14.4. The molecule has 1 amide bonds. The Morgan fingerprint density at radius 3 is 2.80 bits per heavy atom. The molecule has 7 nitrogen and oxygen atoms in total. The van der Waals surface area contributed by atoms with Crippen LogP contribution in [0.25, 0.3) is 11.4 Å². The summed E-state index contributed by atoms with van der Waals surface area (Å²) in [7, 11) is 1.88. The maximum Gasteiger partial charge on any atom is 0.238 e. The number of amides is 1. The first kappa shape index (κ1) is 20.6. The van der Waals surface area contributed by atoms with E-state index in [1.165, 1.54) is 23.1 Å². The van der Waals surface area contributed by atoms with Gasteiger partial charge in [-0.3, -0.25) is 9.78 Å². The van der Waals surface area contributed by atoms with E-state index in [9.17, 15) is 10.1 Å². The molecule has 154 valence electrons. The van der Waals surface area contributed by atoms with E-state index >= 15 is 0 Å². The molecule has 3 heterocycles. The molecule has 30 heavy (non-hydrogen) atoms. The second-order valence-corrected chi connectivity index (χ2v) is 9.64. The molecular formula is C21H22N6OS2. The third-order valence-electron chi connectivity index (χ3n) is 5.19. The average Bonchev–Trinajstić information content (AvgIpc) is 3.18. The molecule has 0 aliphatic heterocycles. The lowest BCUT2D eigenvalue weighted by molar-refractivity contribution is -0.115. The smallest absolute Gasteiger partial charge is 0.238 e. The molecule has 0 saturated heterocycles. The highest BCUT2D eigenvalue weighted by atomic mass is 32.2. The largest absolute Gasteiger partial charge is 0.316 e. The van der Waals surface area contributed by atoms with Crippen LogP contribution in [-0.2, 0) is 24.7 Å². The third-order valence-corrected chi connectivity index (χ3v) is 7.54. The van der Waals surface area contributed by atoms with Crippen LogP contribution < -0.4 is 5.32 Å². The van der Waals surface area contributed by atoms with Crippen LogP contribution in [0.15, 0.2) is 29.7 Å². The van der Waals surface area contributed by atoms with E-state index in [4.69, 9.17) is 0 Å². The number of nitriles is 1. The van der Waals surface area contributed by atoms with Gasteiger partial charge < -0.3 is 9.88 Å². The van der Waals surface area contributed by atoms with E-state index in [0.717, 1.165) is 42.6 Å². The second kappa shape index (κ2) is 8.98. The first-order chi connectivity index (χ1) is 14.6. The van der Waals surface area contributed by atoms with Crippen molar-refractivity contribution in [3.63, 3.8) is 0 Å². The molecule has 1 N–H and O–H groups in total. The Hall–Kier alpha value is -2.70. The monoisotopic (exact) mass is 438 g/mol. The zero-order valence-corrected chi connectivity index (χ0v) is 18.5. The molecular weight excluding hydrogens is 416 g/mol. The number of carbonyl (C=O) groups is 1. The Bertz CT molecular complexity index is 1100. The zero-order valence-electron chi connectivity index (χ0n) is 16.9. The van der Waals surface area contributed by atoms with Crippen LogP contribution in [-0.4, -0.2) is 30.9 Å². The number of thioether (sulfide) groups is 1. The number of aromatic nitrogens is 4. The predicted molar refractivity (Wildman–Crippen MR) is 118 cm³/mol. The Labute approximate surface area is 183 Å². The SMILES string of the molecule is CC(Sc1nnc(-c2ccncc2)n1C)C(=O)Nc1sc2c(c1C#N)CCCCC2. The Morgan fingerprint density at radius 2 is 2.03 bits per heavy atom. The number of carbonyl (C=O) groups excluding carboxylic acids is 1. The molecule has 4 rings (SSSR count). The molecule has 0 spiro atoms. The van der Waals surface area contributed by atoms with Gasteiger partial charge in [-0.25, -0.2) is 0 Å². The minimum Gasteiger partial charge on any atom is -0.316 e. The van der Waals surface area contributed by atoms with Gasteiger partial charge in [0.2, 0.25) is 5.91 Å². The van der Waals surface area contributed by atoms with E-state index in [2.05, 4.69) is 26.6 Å². The lowest BCUT2D eigenvalue weighted by Crippen LogP contribution is -2.22. The van der Waals surface area contributed by atoms with E-state index in [-0.39, 0.29) is 11.2 Å². The maximum atomic E-state index is 12.9. The lowest BCUT2D eigenvalue weighted by Gasteiger charge is -2.11. The van der Waals surface area contributed by atoms with Crippen molar-refractivity contribution in [2.75, 3.05) is 5.32 Å². The van der Waals surface area contributed by atoms with Crippen molar-refractivity contribution in [1.29, 1.82) is 5.26 Å². The quantitative estimate of drug-likeness (QED) is 0.474. The van der Waals surface area contributed by atoms with Crippen molar-refractivity contribution >= 4 is 34.0 Å². The number of anilines is 1. The Morgan fingerprint density at radius 1 is 1.27 bits per heavy atom. The van der Waals surface area contributed by atoms with Gasteiger partial charge in [0.05, 0.1) is 10.8 Å². The summed E-state index contributed by atoms with van der Waals surface area (Å²) in [5, 5.41) is 22.1. The molecule has 1 aliphatic carbocycles. The molecule has 9 heteroatoms. The van der Waals surface area contributed by atoms with Crippen molar-refractivity contribution < 1.29 is 4.79 Å². The van der Waals surface area contributed by atoms with Gasteiger partial charge in [0.15, 0.2) is 11.0 Å². The van der Waals surface area contributed by atoms with Crippen LogP contribution >= 0.6 is 23.1 Å². The van der Waals surface area contributed by atoms with Gasteiger partial charge in [-0.15, -0.1) is 21.5 Å². The molecule has 0 fully saturated rings. The molecule has 1 unspecified atom stereocenters. The van der Waals surface area contributed by atoms with E-state index in [1.54, 1.807) is 23.7 Å². The summed E-state index contributed by atoms with van der Waals surface area (Å²) in [6.07, 6.45) is 8.77. The summed E-state index contributed by atoms with van der Waals surface area (Å²) in [6.45, 7) is 1.84. The highest BCUT2D eigenvalue weighted by molar-refractivity contribution is 8.00. The number of aryl methyl sites for hydroxylation is 1. The summed E-state index contributed by atoms with van der Waals surface area (Å²) in [5.74, 6) is 0.586. The van der Waals surface area contributed by atoms with Crippen molar-refractivity contribution in [2.24, 2.45) is 7.05 Å². The molecule has 3 aromatic rings. The minimum atomic E-state index is -0.383. The number of thiophene rings is 1. The van der Waals surface area contributed by atoms with Crippen LogP contribution in [0.4, 0.5) is 5.00 Å². The van der Waals surface area contributed by atoms with Gasteiger partial charge >= 0.3 is 0 Å². The molecule has 0 saturated carbocycles. The first-order valence-corrected chi connectivity index (χ1v) is 11.6. The van der Waals surface area contributed by atoms with E-state index < -0.39 is 0 Å².